The van der Waals surface area contributed by atoms with Gasteiger partial charge in [-0.05, 0) is 74.4 Å². The fourth-order valence-corrected chi connectivity index (χ4v) is 5.87. The van der Waals surface area contributed by atoms with Crippen molar-refractivity contribution in [3.8, 4) is 0 Å². The van der Waals surface area contributed by atoms with E-state index in [9.17, 15) is 31.5 Å². The Morgan fingerprint density at radius 2 is 1.80 bits per heavy atom. The van der Waals surface area contributed by atoms with Gasteiger partial charge < -0.3 is 15.0 Å². The molecule has 1 aliphatic carbocycles. The predicted molar refractivity (Wildman–Crippen MR) is 147 cm³/mol. The summed E-state index contributed by atoms with van der Waals surface area (Å²) < 4.78 is 65.7. The lowest BCUT2D eigenvalue weighted by Gasteiger charge is -2.20. The Hall–Kier alpha value is -2.92. The first kappa shape index (κ1) is 30.0. The number of aromatic nitrogens is 2. The molecular weight excluding hydrogens is 543 g/mol. The molecule has 3 aromatic rings. The van der Waals surface area contributed by atoms with Gasteiger partial charge in [0.05, 0.1) is 27.6 Å². The highest BCUT2D eigenvalue weighted by atomic mass is 32.2. The Labute approximate surface area is 232 Å². The highest BCUT2D eigenvalue weighted by Gasteiger charge is 2.38. The number of benzene rings is 2. The van der Waals surface area contributed by atoms with Gasteiger partial charge in [0, 0.05) is 18.2 Å². The molecule has 0 bridgehead atoms. The van der Waals surface area contributed by atoms with Gasteiger partial charge in [-0.25, -0.2) is 13.4 Å². The average molecular weight is 580 g/mol. The number of carbonyl (C=O) groups excluding carboxylic acids is 1. The molecule has 0 spiro atoms. The summed E-state index contributed by atoms with van der Waals surface area (Å²) in [6, 6.07) is 11.7. The zero-order chi connectivity index (χ0) is 29.1. The van der Waals surface area contributed by atoms with Crippen LogP contribution in [0, 0.1) is 5.92 Å². The molecule has 0 radical (unpaired) electrons. The number of nitrogens with zero attached hydrogens (tertiary/aromatic N) is 2. The van der Waals surface area contributed by atoms with Gasteiger partial charge in [-0.15, -0.1) is 0 Å². The first-order valence-electron chi connectivity index (χ1n) is 13.8. The Balaban J connectivity index is 1.44. The van der Waals surface area contributed by atoms with Gasteiger partial charge in [0.25, 0.3) is 5.91 Å². The van der Waals surface area contributed by atoms with E-state index >= 15 is 0 Å². The monoisotopic (exact) mass is 579 g/mol. The van der Waals surface area contributed by atoms with Gasteiger partial charge in [-0.2, -0.15) is 13.2 Å². The van der Waals surface area contributed by atoms with Crippen molar-refractivity contribution in [2.24, 2.45) is 5.92 Å². The standard InChI is InChI=1S/C29H36F3N3O4S/c1-3-6-21(29(30,31)32)7-5-8-26(36)27-34-24-17-20(11-16-25(24)35(27)22-12-13-22)28(37)33-18-19-9-14-23(15-10-19)40(38,39)4-2/h9-11,14-17,21-22,26,36H,3-8,12-13,18H2,1-2H3,(H,33,37)/t21-,26+/m1/s1. The fourth-order valence-electron chi connectivity index (χ4n) is 4.98. The van der Waals surface area contributed by atoms with E-state index < -0.39 is 28.0 Å². The Morgan fingerprint density at radius 3 is 2.40 bits per heavy atom. The minimum absolute atomic E-state index is 0.0122. The summed E-state index contributed by atoms with van der Waals surface area (Å²) in [4.78, 5) is 17.7. The summed E-state index contributed by atoms with van der Waals surface area (Å²) in [5.41, 5.74) is 2.45. The van der Waals surface area contributed by atoms with Crippen LogP contribution in [-0.2, 0) is 16.4 Å². The predicted octanol–water partition coefficient (Wildman–Crippen LogP) is 6.28. The van der Waals surface area contributed by atoms with Crippen LogP contribution in [0.3, 0.4) is 0 Å². The van der Waals surface area contributed by atoms with E-state index in [1.165, 1.54) is 12.1 Å². The normalized spacial score (nSPS) is 15.8. The van der Waals surface area contributed by atoms with Gasteiger partial charge in [-0.3, -0.25) is 4.79 Å². The third-order valence-corrected chi connectivity index (χ3v) is 9.19. The van der Waals surface area contributed by atoms with Crippen LogP contribution in [0.15, 0.2) is 47.4 Å². The molecule has 218 valence electrons. The summed E-state index contributed by atoms with van der Waals surface area (Å²) in [5, 5.41) is 13.7. The van der Waals surface area contributed by atoms with E-state index in [1.807, 2.05) is 4.57 Å². The third kappa shape index (κ3) is 7.04. The summed E-state index contributed by atoms with van der Waals surface area (Å²) >= 11 is 0. The summed E-state index contributed by atoms with van der Waals surface area (Å²) in [6.45, 7) is 3.53. The molecule has 7 nitrogen and oxygen atoms in total. The van der Waals surface area contributed by atoms with Crippen molar-refractivity contribution in [1.82, 2.24) is 14.9 Å². The number of rotatable bonds is 13. The molecule has 0 unspecified atom stereocenters. The molecular formula is C29H36F3N3O4S. The molecule has 1 fully saturated rings. The fraction of sp³-hybridized carbons (Fsp3) is 0.517. The number of hydrogen-bond donors (Lipinski definition) is 2. The zero-order valence-electron chi connectivity index (χ0n) is 22.7. The number of alkyl halides is 3. The lowest BCUT2D eigenvalue weighted by Crippen LogP contribution is -2.23. The van der Waals surface area contributed by atoms with E-state index in [1.54, 1.807) is 44.2 Å². The van der Waals surface area contributed by atoms with Crippen LogP contribution in [0.2, 0.25) is 0 Å². The molecule has 2 aromatic carbocycles. The van der Waals surface area contributed by atoms with Gasteiger partial charge in [-0.1, -0.05) is 32.4 Å². The maximum absolute atomic E-state index is 13.3. The number of halogens is 3. The highest BCUT2D eigenvalue weighted by Crippen LogP contribution is 2.41. The van der Waals surface area contributed by atoms with Crippen molar-refractivity contribution in [2.75, 3.05) is 5.75 Å². The maximum atomic E-state index is 13.3. The molecule has 4 rings (SSSR count). The molecule has 2 atom stereocenters. The number of nitrogens with one attached hydrogen (secondary N) is 1. The summed E-state index contributed by atoms with van der Waals surface area (Å²) in [5.74, 6) is -1.26. The smallest absolute Gasteiger partial charge is 0.385 e. The number of aliphatic hydroxyl groups excluding tert-OH is 1. The first-order chi connectivity index (χ1) is 18.9. The molecule has 1 saturated carbocycles. The second-order valence-corrected chi connectivity index (χ2v) is 12.8. The molecule has 2 N–H and O–H groups in total. The van der Waals surface area contributed by atoms with Crippen molar-refractivity contribution in [3.63, 3.8) is 0 Å². The van der Waals surface area contributed by atoms with E-state index in [-0.39, 0.29) is 54.8 Å². The maximum Gasteiger partial charge on any atom is 0.391 e. The lowest BCUT2D eigenvalue weighted by atomic mass is 9.95. The van der Waals surface area contributed by atoms with Crippen LogP contribution in [0.5, 0.6) is 0 Å². The van der Waals surface area contributed by atoms with Crippen molar-refractivity contribution >= 4 is 26.8 Å². The summed E-state index contributed by atoms with van der Waals surface area (Å²) in [7, 11) is -3.30. The van der Waals surface area contributed by atoms with Crippen molar-refractivity contribution in [3.05, 3.63) is 59.4 Å². The quantitative estimate of drug-likeness (QED) is 0.248. The highest BCUT2D eigenvalue weighted by molar-refractivity contribution is 7.91. The van der Waals surface area contributed by atoms with Crippen molar-refractivity contribution in [2.45, 2.75) is 88.6 Å². The second kappa shape index (κ2) is 12.3. The number of amides is 1. The number of hydrogen-bond acceptors (Lipinski definition) is 5. The van der Waals surface area contributed by atoms with Crippen LogP contribution >= 0.6 is 0 Å². The van der Waals surface area contributed by atoms with Crippen molar-refractivity contribution in [1.29, 1.82) is 0 Å². The van der Waals surface area contributed by atoms with Gasteiger partial charge >= 0.3 is 6.18 Å². The minimum atomic E-state index is -4.24. The van der Waals surface area contributed by atoms with Gasteiger partial charge in [0.2, 0.25) is 0 Å². The summed E-state index contributed by atoms with van der Waals surface area (Å²) in [6.07, 6.45) is -2.46. The number of carbonyl (C=O) groups is 1. The number of aliphatic hydroxyl groups is 1. The van der Waals surface area contributed by atoms with Crippen LogP contribution in [0.25, 0.3) is 11.0 Å². The van der Waals surface area contributed by atoms with Crippen LogP contribution in [0.4, 0.5) is 13.2 Å². The Morgan fingerprint density at radius 1 is 1.10 bits per heavy atom. The largest absolute Gasteiger partial charge is 0.391 e. The number of imidazole rings is 1. The van der Waals surface area contributed by atoms with E-state index in [0.717, 1.165) is 23.9 Å². The molecule has 0 saturated heterocycles. The lowest BCUT2D eigenvalue weighted by molar-refractivity contribution is -0.178. The molecule has 1 heterocycles. The van der Waals surface area contributed by atoms with Gasteiger partial charge in [0.15, 0.2) is 9.84 Å². The van der Waals surface area contributed by atoms with Gasteiger partial charge in [0.1, 0.15) is 11.9 Å². The number of sulfone groups is 1. The number of fused-ring (bicyclic) bond motifs is 1. The topological polar surface area (TPSA) is 101 Å². The Bertz CT molecular complexity index is 1430. The molecule has 11 heteroatoms. The third-order valence-electron chi connectivity index (χ3n) is 7.43. The molecule has 1 amide bonds. The average Bonchev–Trinajstić information content (AvgIpc) is 3.69. The van der Waals surface area contributed by atoms with Crippen LogP contribution in [0.1, 0.15) is 92.7 Å². The molecule has 1 aromatic heterocycles. The van der Waals surface area contributed by atoms with E-state index in [4.69, 9.17) is 0 Å². The second-order valence-electron chi connectivity index (χ2n) is 10.5. The van der Waals surface area contributed by atoms with Crippen LogP contribution < -0.4 is 5.32 Å². The Kier molecular flexibility index (Phi) is 9.24. The molecule has 0 aliphatic heterocycles. The molecule has 1 aliphatic rings. The van der Waals surface area contributed by atoms with Crippen molar-refractivity contribution < 1.29 is 31.5 Å². The zero-order valence-corrected chi connectivity index (χ0v) is 23.6. The molecule has 40 heavy (non-hydrogen) atoms. The van der Waals surface area contributed by atoms with E-state index in [2.05, 4.69) is 10.3 Å². The van der Waals surface area contributed by atoms with E-state index in [0.29, 0.717) is 23.3 Å². The first-order valence-corrected chi connectivity index (χ1v) is 15.5. The SMILES string of the molecule is CCC[C@H](CCC[C@H](O)c1nc2cc(C(=O)NCc3ccc(S(=O)(=O)CC)cc3)ccc2n1C1CC1)C(F)(F)F. The minimum Gasteiger partial charge on any atom is -0.385 e. The van der Waals surface area contributed by atoms with Crippen LogP contribution in [-0.4, -0.2) is 40.9 Å².